The number of hydrogen-bond donors (Lipinski definition) is 1. The number of carbonyl (C=O) groups is 1. The second-order valence-electron chi connectivity index (χ2n) is 8.11. The van der Waals surface area contributed by atoms with Gasteiger partial charge in [-0.05, 0) is 49.6 Å². The van der Waals surface area contributed by atoms with Crippen LogP contribution in [0.4, 0.5) is 0 Å². The summed E-state index contributed by atoms with van der Waals surface area (Å²) in [5.41, 5.74) is 3.82. The number of halogens is 1. The fourth-order valence-corrected chi connectivity index (χ4v) is 4.46. The average molecular weight is 432 g/mol. The molecule has 0 atom stereocenters. The van der Waals surface area contributed by atoms with Crippen molar-refractivity contribution in [2.75, 3.05) is 6.54 Å². The minimum absolute atomic E-state index is 0.0380. The molecule has 0 bridgehead atoms. The average Bonchev–Trinajstić information content (AvgIpc) is 3.14. The second kappa shape index (κ2) is 7.78. The minimum atomic E-state index is -0.211. The molecule has 5 rings (SSSR count). The van der Waals surface area contributed by atoms with E-state index in [2.05, 4.69) is 32.7 Å². The molecule has 4 aromatic rings. The molecule has 1 aliphatic rings. The van der Waals surface area contributed by atoms with Crippen molar-refractivity contribution in [1.29, 1.82) is 0 Å². The molecule has 0 radical (unpaired) electrons. The lowest BCUT2D eigenvalue weighted by Crippen LogP contribution is -2.45. The zero-order valence-electron chi connectivity index (χ0n) is 17.2. The van der Waals surface area contributed by atoms with Crippen molar-refractivity contribution in [1.82, 2.24) is 25.3 Å². The predicted molar refractivity (Wildman–Crippen MR) is 121 cm³/mol. The molecule has 1 fully saturated rings. The number of fused-ring (bicyclic) bond motifs is 1. The Morgan fingerprint density at radius 3 is 2.65 bits per heavy atom. The van der Waals surface area contributed by atoms with Crippen molar-refractivity contribution in [3.05, 3.63) is 82.8 Å². The van der Waals surface area contributed by atoms with E-state index in [1.54, 1.807) is 10.9 Å². The van der Waals surface area contributed by atoms with Crippen LogP contribution in [0.3, 0.4) is 0 Å². The number of hydrogen-bond acceptors (Lipinski definition) is 4. The lowest BCUT2D eigenvalue weighted by molar-refractivity contribution is 0.0922. The number of aromatic nitrogens is 4. The van der Waals surface area contributed by atoms with Crippen molar-refractivity contribution in [2.24, 2.45) is 0 Å². The number of carbonyl (C=O) groups excluding carboxylic acids is 1. The van der Waals surface area contributed by atoms with E-state index in [1.807, 2.05) is 49.4 Å². The number of pyridine rings is 1. The molecule has 1 N–H and O–H groups in total. The Hall–Kier alpha value is -3.25. The maximum Gasteiger partial charge on any atom is 0.273 e. The highest BCUT2D eigenvalue weighted by molar-refractivity contribution is 6.30. The molecule has 1 amide bonds. The van der Waals surface area contributed by atoms with E-state index in [0.717, 1.165) is 40.9 Å². The first-order valence-corrected chi connectivity index (χ1v) is 10.8. The highest BCUT2D eigenvalue weighted by atomic mass is 35.5. The number of nitrogens with zero attached hydrogens (tertiary/aromatic N) is 4. The monoisotopic (exact) mass is 431 g/mol. The van der Waals surface area contributed by atoms with E-state index in [9.17, 15) is 4.79 Å². The first-order valence-electron chi connectivity index (χ1n) is 10.4. The molecule has 2 aromatic carbocycles. The topological polar surface area (TPSA) is 72.7 Å². The number of para-hydroxylation sites is 1. The van der Waals surface area contributed by atoms with E-state index in [1.165, 1.54) is 5.56 Å². The fourth-order valence-electron chi connectivity index (χ4n) is 4.33. The van der Waals surface area contributed by atoms with Crippen molar-refractivity contribution in [3.63, 3.8) is 0 Å². The highest BCUT2D eigenvalue weighted by Crippen LogP contribution is 2.43. The smallest absolute Gasteiger partial charge is 0.273 e. The molecule has 7 heteroatoms. The molecule has 6 nitrogen and oxygen atoms in total. The number of rotatable bonds is 5. The largest absolute Gasteiger partial charge is 0.350 e. The van der Waals surface area contributed by atoms with E-state index in [-0.39, 0.29) is 11.3 Å². The summed E-state index contributed by atoms with van der Waals surface area (Å²) >= 11 is 6.05. The summed E-state index contributed by atoms with van der Waals surface area (Å²) in [6.07, 6.45) is 4.99. The van der Waals surface area contributed by atoms with Gasteiger partial charge in [0.2, 0.25) is 0 Å². The summed E-state index contributed by atoms with van der Waals surface area (Å²) < 4.78 is 1.68. The molecule has 0 spiro atoms. The molecule has 0 saturated heterocycles. The van der Waals surface area contributed by atoms with Crippen molar-refractivity contribution in [2.45, 2.75) is 31.6 Å². The van der Waals surface area contributed by atoms with Crippen LogP contribution in [0.1, 0.15) is 41.0 Å². The molecule has 1 aliphatic carbocycles. The summed E-state index contributed by atoms with van der Waals surface area (Å²) in [6, 6.07) is 17.7. The summed E-state index contributed by atoms with van der Waals surface area (Å²) in [7, 11) is 0. The Kier molecular flexibility index (Phi) is 4.94. The molecule has 0 unspecified atom stereocenters. The quantitative estimate of drug-likeness (QED) is 0.500. The molecule has 2 heterocycles. The van der Waals surface area contributed by atoms with Gasteiger partial charge in [-0.3, -0.25) is 9.78 Å². The van der Waals surface area contributed by atoms with Gasteiger partial charge in [-0.15, -0.1) is 5.10 Å². The third-order valence-corrected chi connectivity index (χ3v) is 6.56. The van der Waals surface area contributed by atoms with Crippen molar-refractivity contribution >= 4 is 28.4 Å². The first kappa shape index (κ1) is 19.7. The predicted octanol–water partition coefficient (Wildman–Crippen LogP) is 4.63. The van der Waals surface area contributed by atoms with Crippen molar-refractivity contribution < 1.29 is 4.79 Å². The van der Waals surface area contributed by atoms with Crippen LogP contribution in [0, 0.1) is 6.92 Å². The van der Waals surface area contributed by atoms with Gasteiger partial charge in [0.25, 0.3) is 5.91 Å². The lowest BCUT2D eigenvalue weighted by Gasteiger charge is -2.42. The van der Waals surface area contributed by atoms with Crippen LogP contribution in [0.5, 0.6) is 0 Å². The SMILES string of the molecule is Cc1c(C(=O)NCC2(c3ccc(Cl)cc3)CCC2)nnn1-c1cccc2cccnc12. The maximum absolute atomic E-state index is 13.0. The van der Waals surface area contributed by atoms with Crippen LogP contribution in [0.2, 0.25) is 5.02 Å². The van der Waals surface area contributed by atoms with Gasteiger partial charge in [0.05, 0.1) is 16.9 Å². The summed E-state index contributed by atoms with van der Waals surface area (Å²) in [5.74, 6) is -0.211. The van der Waals surface area contributed by atoms with Gasteiger partial charge in [0, 0.05) is 28.6 Å². The molecular formula is C24H22ClN5O. The zero-order chi connectivity index (χ0) is 21.4. The third kappa shape index (κ3) is 3.47. The van der Waals surface area contributed by atoms with E-state index >= 15 is 0 Å². The number of benzene rings is 2. The van der Waals surface area contributed by atoms with Crippen molar-refractivity contribution in [3.8, 4) is 5.69 Å². The lowest BCUT2D eigenvalue weighted by atomic mass is 9.64. The molecule has 31 heavy (non-hydrogen) atoms. The van der Waals surface area contributed by atoms with Crippen LogP contribution >= 0.6 is 11.6 Å². The van der Waals surface area contributed by atoms with Gasteiger partial charge in [-0.2, -0.15) is 0 Å². The Morgan fingerprint density at radius 1 is 1.13 bits per heavy atom. The summed E-state index contributed by atoms with van der Waals surface area (Å²) in [5, 5.41) is 13.3. The molecule has 1 saturated carbocycles. The summed E-state index contributed by atoms with van der Waals surface area (Å²) in [6.45, 7) is 2.42. The third-order valence-electron chi connectivity index (χ3n) is 6.30. The Morgan fingerprint density at radius 2 is 1.90 bits per heavy atom. The highest BCUT2D eigenvalue weighted by Gasteiger charge is 2.39. The number of nitrogens with one attached hydrogen (secondary N) is 1. The zero-order valence-corrected chi connectivity index (χ0v) is 17.9. The van der Waals surface area contributed by atoms with Crippen LogP contribution in [-0.4, -0.2) is 32.4 Å². The Labute approximate surface area is 185 Å². The van der Waals surface area contributed by atoms with E-state index in [0.29, 0.717) is 17.9 Å². The number of amides is 1. The Bertz CT molecular complexity index is 1260. The van der Waals surface area contributed by atoms with E-state index < -0.39 is 0 Å². The standard InChI is InChI=1S/C24H22ClN5O/c1-16-21(28-29-30(16)20-7-2-5-17-6-3-14-26-22(17)20)23(31)27-15-24(12-4-13-24)18-8-10-19(25)11-9-18/h2-3,5-11,14H,4,12-13,15H2,1H3,(H,27,31). The first-order chi connectivity index (χ1) is 15.1. The van der Waals surface area contributed by atoms with Crippen LogP contribution in [-0.2, 0) is 5.41 Å². The maximum atomic E-state index is 13.0. The van der Waals surface area contributed by atoms with Gasteiger partial charge in [0.1, 0.15) is 0 Å². The normalized spacial score (nSPS) is 14.9. The van der Waals surface area contributed by atoms with Crippen LogP contribution in [0.25, 0.3) is 16.6 Å². The van der Waals surface area contributed by atoms with Gasteiger partial charge in [-0.1, -0.05) is 53.6 Å². The molecule has 0 aliphatic heterocycles. The van der Waals surface area contributed by atoms with Crippen LogP contribution < -0.4 is 5.32 Å². The van der Waals surface area contributed by atoms with E-state index in [4.69, 9.17) is 11.6 Å². The van der Waals surface area contributed by atoms with Gasteiger partial charge in [0.15, 0.2) is 5.69 Å². The van der Waals surface area contributed by atoms with Gasteiger partial charge in [-0.25, -0.2) is 4.68 Å². The second-order valence-corrected chi connectivity index (χ2v) is 8.55. The van der Waals surface area contributed by atoms with Crippen LogP contribution in [0.15, 0.2) is 60.8 Å². The Balaban J connectivity index is 1.38. The fraction of sp³-hybridized carbons (Fsp3) is 0.250. The summed E-state index contributed by atoms with van der Waals surface area (Å²) in [4.78, 5) is 17.5. The van der Waals surface area contributed by atoms with Gasteiger partial charge < -0.3 is 5.32 Å². The molecular weight excluding hydrogens is 410 g/mol. The molecule has 156 valence electrons. The molecule has 2 aromatic heterocycles. The van der Waals surface area contributed by atoms with Gasteiger partial charge >= 0.3 is 0 Å². The minimum Gasteiger partial charge on any atom is -0.350 e.